The van der Waals surface area contributed by atoms with Crippen LogP contribution in [0.25, 0.3) is 10.2 Å². The standard InChI is InChI=1S/C13H9N3O3S/c17-10(7-16-11(18)5-6-12(16)19)15-13-14-8-3-1-2-4-9(8)20-13/h1-6H,7H2,(H,14,15,17). The van der Waals surface area contributed by atoms with Crippen LogP contribution >= 0.6 is 11.3 Å². The van der Waals surface area contributed by atoms with Gasteiger partial charge in [0, 0.05) is 12.2 Å². The third-order valence-electron chi connectivity index (χ3n) is 2.74. The first kappa shape index (κ1) is 12.5. The summed E-state index contributed by atoms with van der Waals surface area (Å²) >= 11 is 1.34. The largest absolute Gasteiger partial charge is 0.300 e. The van der Waals surface area contributed by atoms with Gasteiger partial charge in [-0.25, -0.2) is 4.98 Å². The van der Waals surface area contributed by atoms with Crippen LogP contribution in [-0.4, -0.2) is 34.2 Å². The van der Waals surface area contributed by atoms with Crippen LogP contribution in [0, 0.1) is 0 Å². The van der Waals surface area contributed by atoms with E-state index in [2.05, 4.69) is 10.3 Å². The molecule has 7 heteroatoms. The number of carbonyl (C=O) groups is 3. The number of carbonyl (C=O) groups excluding carboxylic acids is 3. The number of thiazole rings is 1. The van der Waals surface area contributed by atoms with Crippen LogP contribution in [0.2, 0.25) is 0 Å². The Morgan fingerprint density at radius 2 is 1.90 bits per heavy atom. The van der Waals surface area contributed by atoms with Crippen LogP contribution in [0.4, 0.5) is 5.13 Å². The number of imide groups is 1. The molecule has 0 fully saturated rings. The zero-order chi connectivity index (χ0) is 14.1. The van der Waals surface area contributed by atoms with Gasteiger partial charge in [-0.3, -0.25) is 19.3 Å². The molecule has 0 bridgehead atoms. The Kier molecular flexibility index (Phi) is 3.03. The molecule has 1 aromatic carbocycles. The molecule has 20 heavy (non-hydrogen) atoms. The number of aromatic nitrogens is 1. The molecule has 2 heterocycles. The maximum absolute atomic E-state index is 11.8. The van der Waals surface area contributed by atoms with E-state index in [0.717, 1.165) is 27.3 Å². The van der Waals surface area contributed by atoms with Crippen molar-refractivity contribution in [2.24, 2.45) is 0 Å². The number of hydrogen-bond donors (Lipinski definition) is 1. The van der Waals surface area contributed by atoms with Gasteiger partial charge in [0.1, 0.15) is 6.54 Å². The fourth-order valence-corrected chi connectivity index (χ4v) is 2.70. The summed E-state index contributed by atoms with van der Waals surface area (Å²) in [6.45, 7) is -0.305. The molecular weight excluding hydrogens is 278 g/mol. The number of rotatable bonds is 3. The van der Waals surface area contributed by atoms with Crippen molar-refractivity contribution in [3.05, 3.63) is 36.4 Å². The maximum Gasteiger partial charge on any atom is 0.254 e. The number of anilines is 1. The summed E-state index contributed by atoms with van der Waals surface area (Å²) in [4.78, 5) is 39.6. The Morgan fingerprint density at radius 3 is 2.60 bits per heavy atom. The minimum Gasteiger partial charge on any atom is -0.300 e. The first-order chi connectivity index (χ1) is 9.63. The normalized spacial score (nSPS) is 14.3. The highest BCUT2D eigenvalue weighted by molar-refractivity contribution is 7.22. The van der Waals surface area contributed by atoms with Crippen molar-refractivity contribution in [2.75, 3.05) is 11.9 Å². The molecule has 1 N–H and O–H groups in total. The lowest BCUT2D eigenvalue weighted by molar-refractivity contribution is -0.139. The van der Waals surface area contributed by atoms with Crippen LogP contribution in [0.3, 0.4) is 0 Å². The van der Waals surface area contributed by atoms with Crippen molar-refractivity contribution >= 4 is 44.4 Å². The number of benzene rings is 1. The molecule has 3 amide bonds. The topological polar surface area (TPSA) is 79.4 Å². The van der Waals surface area contributed by atoms with Crippen LogP contribution in [0.1, 0.15) is 0 Å². The average molecular weight is 287 g/mol. The van der Waals surface area contributed by atoms with Crippen LogP contribution in [0.15, 0.2) is 36.4 Å². The second-order valence-corrected chi connectivity index (χ2v) is 5.16. The number of fused-ring (bicyclic) bond motifs is 1. The highest BCUT2D eigenvalue weighted by atomic mass is 32.1. The summed E-state index contributed by atoms with van der Waals surface area (Å²) in [5.41, 5.74) is 0.794. The molecule has 0 unspecified atom stereocenters. The zero-order valence-corrected chi connectivity index (χ0v) is 11.0. The molecule has 1 aliphatic rings. The van der Waals surface area contributed by atoms with Crippen molar-refractivity contribution in [3.8, 4) is 0 Å². The fraction of sp³-hybridized carbons (Fsp3) is 0.0769. The molecule has 3 rings (SSSR count). The number of para-hydroxylation sites is 1. The van der Waals surface area contributed by atoms with Crippen LogP contribution in [0.5, 0.6) is 0 Å². The van der Waals surface area contributed by atoms with Crippen LogP contribution < -0.4 is 5.32 Å². The lowest BCUT2D eigenvalue weighted by Gasteiger charge is -2.12. The molecule has 0 saturated heterocycles. The third kappa shape index (κ3) is 2.30. The molecule has 0 spiro atoms. The van der Waals surface area contributed by atoms with Gasteiger partial charge in [-0.2, -0.15) is 0 Å². The SMILES string of the molecule is O=C(CN1C(=O)C=CC1=O)Nc1nc2ccccc2s1. The lowest BCUT2D eigenvalue weighted by atomic mass is 10.3. The summed E-state index contributed by atoms with van der Waals surface area (Å²) in [6.07, 6.45) is 2.29. The van der Waals surface area contributed by atoms with Crippen molar-refractivity contribution in [1.29, 1.82) is 0 Å². The van der Waals surface area contributed by atoms with E-state index in [1.54, 1.807) is 0 Å². The Morgan fingerprint density at radius 1 is 1.20 bits per heavy atom. The monoisotopic (exact) mass is 287 g/mol. The van der Waals surface area contributed by atoms with Gasteiger partial charge in [-0.1, -0.05) is 23.5 Å². The van der Waals surface area contributed by atoms with E-state index in [4.69, 9.17) is 0 Å². The van der Waals surface area contributed by atoms with Gasteiger partial charge in [-0.15, -0.1) is 0 Å². The number of nitrogens with one attached hydrogen (secondary N) is 1. The zero-order valence-electron chi connectivity index (χ0n) is 10.2. The highest BCUT2D eigenvalue weighted by Crippen LogP contribution is 2.25. The number of amides is 3. The summed E-state index contributed by atoms with van der Waals surface area (Å²) in [5.74, 6) is -1.40. The summed E-state index contributed by atoms with van der Waals surface area (Å²) < 4.78 is 0.956. The molecule has 0 aliphatic carbocycles. The number of nitrogens with zero attached hydrogens (tertiary/aromatic N) is 2. The lowest BCUT2D eigenvalue weighted by Crippen LogP contribution is -2.37. The second-order valence-electron chi connectivity index (χ2n) is 4.13. The number of hydrogen-bond acceptors (Lipinski definition) is 5. The predicted octanol–water partition coefficient (Wildman–Crippen LogP) is 1.16. The molecule has 0 atom stereocenters. The van der Waals surface area contributed by atoms with Crippen LogP contribution in [-0.2, 0) is 14.4 Å². The van der Waals surface area contributed by atoms with Gasteiger partial charge in [-0.05, 0) is 12.1 Å². The molecule has 1 aromatic heterocycles. The molecule has 6 nitrogen and oxygen atoms in total. The molecule has 2 aromatic rings. The summed E-state index contributed by atoms with van der Waals surface area (Å²) in [7, 11) is 0. The first-order valence-corrected chi connectivity index (χ1v) is 6.64. The smallest absolute Gasteiger partial charge is 0.254 e. The van der Waals surface area contributed by atoms with Gasteiger partial charge >= 0.3 is 0 Å². The van der Waals surface area contributed by atoms with Crippen molar-refractivity contribution < 1.29 is 14.4 Å². The molecule has 1 aliphatic heterocycles. The van der Waals surface area contributed by atoms with Crippen molar-refractivity contribution in [3.63, 3.8) is 0 Å². The predicted molar refractivity (Wildman–Crippen MR) is 74.1 cm³/mol. The van der Waals surface area contributed by atoms with E-state index in [-0.39, 0.29) is 6.54 Å². The van der Waals surface area contributed by atoms with E-state index in [0.29, 0.717) is 5.13 Å². The Bertz CT molecular complexity index is 699. The van der Waals surface area contributed by atoms with E-state index in [1.165, 1.54) is 11.3 Å². The van der Waals surface area contributed by atoms with E-state index in [1.807, 2.05) is 24.3 Å². The molecule has 100 valence electrons. The van der Waals surface area contributed by atoms with Gasteiger partial charge in [0.25, 0.3) is 11.8 Å². The van der Waals surface area contributed by atoms with E-state index >= 15 is 0 Å². The second kappa shape index (κ2) is 4.86. The highest BCUT2D eigenvalue weighted by Gasteiger charge is 2.25. The first-order valence-electron chi connectivity index (χ1n) is 5.82. The fourth-order valence-electron chi connectivity index (χ4n) is 1.82. The quantitative estimate of drug-likeness (QED) is 0.859. The molecule has 0 radical (unpaired) electrons. The Balaban J connectivity index is 1.70. The Hall–Kier alpha value is -2.54. The van der Waals surface area contributed by atoms with Gasteiger partial charge in [0.15, 0.2) is 5.13 Å². The van der Waals surface area contributed by atoms with Crippen molar-refractivity contribution in [1.82, 2.24) is 9.88 Å². The Labute approximate surface area is 117 Å². The summed E-state index contributed by atoms with van der Waals surface area (Å²) in [6, 6.07) is 7.50. The minimum absolute atomic E-state index is 0.305. The minimum atomic E-state index is -0.477. The van der Waals surface area contributed by atoms with Crippen molar-refractivity contribution in [2.45, 2.75) is 0 Å². The maximum atomic E-state index is 11.8. The van der Waals surface area contributed by atoms with Gasteiger partial charge in [0.05, 0.1) is 10.2 Å². The van der Waals surface area contributed by atoms with Gasteiger partial charge < -0.3 is 5.32 Å². The third-order valence-corrected chi connectivity index (χ3v) is 3.69. The molecular formula is C13H9N3O3S. The van der Waals surface area contributed by atoms with E-state index in [9.17, 15) is 14.4 Å². The summed E-state index contributed by atoms with van der Waals surface area (Å²) in [5, 5.41) is 3.04. The van der Waals surface area contributed by atoms with E-state index < -0.39 is 17.7 Å². The average Bonchev–Trinajstić information content (AvgIpc) is 2.96. The molecule has 0 saturated carbocycles. The van der Waals surface area contributed by atoms with Gasteiger partial charge in [0.2, 0.25) is 5.91 Å².